The molecule has 0 aliphatic rings. The molecule has 0 aliphatic carbocycles. The Balaban J connectivity index is 2.80. The van der Waals surface area contributed by atoms with Crippen LogP contribution in [-0.4, -0.2) is 48.0 Å². The Kier molecular flexibility index (Phi) is 6.33. The minimum atomic E-state index is -0.272. The van der Waals surface area contributed by atoms with E-state index in [1.54, 1.807) is 0 Å². The van der Waals surface area contributed by atoms with E-state index in [1.165, 1.54) is 0 Å². The van der Waals surface area contributed by atoms with Crippen LogP contribution in [0.5, 0.6) is 0 Å². The first-order valence-corrected chi connectivity index (χ1v) is 6.66. The quantitative estimate of drug-likeness (QED) is 0.738. The monoisotopic (exact) mass is 251 g/mol. The van der Waals surface area contributed by atoms with E-state index in [0.717, 1.165) is 25.1 Å². The van der Waals surface area contributed by atoms with Gasteiger partial charge in [-0.1, -0.05) is 44.2 Å². The lowest BCUT2D eigenvalue weighted by atomic mass is 9.82. The third-order valence-corrected chi connectivity index (χ3v) is 3.35. The third kappa shape index (κ3) is 4.09. The van der Waals surface area contributed by atoms with Crippen LogP contribution in [0.3, 0.4) is 0 Å². The SMILES string of the molecule is CCCN(CCO)CC(C)(CO)c1ccccc1. The third-order valence-electron chi connectivity index (χ3n) is 3.35. The molecule has 2 N–H and O–H groups in total. The van der Waals surface area contributed by atoms with Gasteiger partial charge in [-0.25, -0.2) is 0 Å². The summed E-state index contributed by atoms with van der Waals surface area (Å²) < 4.78 is 0. The maximum Gasteiger partial charge on any atom is 0.0558 e. The lowest BCUT2D eigenvalue weighted by Crippen LogP contribution is -2.43. The van der Waals surface area contributed by atoms with Gasteiger partial charge >= 0.3 is 0 Å². The summed E-state index contributed by atoms with van der Waals surface area (Å²) in [6.07, 6.45) is 1.05. The molecule has 1 atom stereocenters. The molecule has 0 spiro atoms. The van der Waals surface area contributed by atoms with Crippen LogP contribution in [0.25, 0.3) is 0 Å². The van der Waals surface area contributed by atoms with Crippen molar-refractivity contribution >= 4 is 0 Å². The summed E-state index contributed by atoms with van der Waals surface area (Å²) in [6, 6.07) is 10.1. The highest BCUT2D eigenvalue weighted by molar-refractivity contribution is 5.25. The zero-order valence-corrected chi connectivity index (χ0v) is 11.5. The summed E-state index contributed by atoms with van der Waals surface area (Å²) in [5, 5.41) is 18.8. The summed E-state index contributed by atoms with van der Waals surface area (Å²) in [7, 11) is 0. The molecule has 102 valence electrons. The molecule has 1 unspecified atom stereocenters. The van der Waals surface area contributed by atoms with Gasteiger partial charge < -0.3 is 15.1 Å². The first kappa shape index (κ1) is 15.2. The predicted octanol–water partition coefficient (Wildman–Crippen LogP) is 1.64. The van der Waals surface area contributed by atoms with Crippen molar-refractivity contribution in [1.82, 2.24) is 4.90 Å². The van der Waals surface area contributed by atoms with Gasteiger partial charge in [-0.15, -0.1) is 0 Å². The van der Waals surface area contributed by atoms with E-state index < -0.39 is 0 Å². The predicted molar refractivity (Wildman–Crippen MR) is 74.7 cm³/mol. The minimum Gasteiger partial charge on any atom is -0.395 e. The van der Waals surface area contributed by atoms with E-state index in [-0.39, 0.29) is 18.6 Å². The second-order valence-corrected chi connectivity index (χ2v) is 5.08. The van der Waals surface area contributed by atoms with Gasteiger partial charge in [0.25, 0.3) is 0 Å². The summed E-state index contributed by atoms with van der Waals surface area (Å²) in [4.78, 5) is 2.21. The van der Waals surface area contributed by atoms with Crippen LogP contribution in [0.1, 0.15) is 25.8 Å². The maximum atomic E-state index is 9.73. The summed E-state index contributed by atoms with van der Waals surface area (Å²) in [6.45, 7) is 6.85. The molecule has 0 fully saturated rings. The molecule has 0 bridgehead atoms. The molecule has 0 radical (unpaired) electrons. The highest BCUT2D eigenvalue weighted by Gasteiger charge is 2.28. The molecule has 0 heterocycles. The van der Waals surface area contributed by atoms with Gasteiger partial charge in [-0.2, -0.15) is 0 Å². The fourth-order valence-electron chi connectivity index (χ4n) is 2.29. The molecule has 18 heavy (non-hydrogen) atoms. The van der Waals surface area contributed by atoms with Crippen molar-refractivity contribution in [2.24, 2.45) is 0 Å². The lowest BCUT2D eigenvalue weighted by Gasteiger charge is -2.34. The van der Waals surface area contributed by atoms with Crippen LogP contribution in [0.4, 0.5) is 0 Å². The molecule has 0 saturated carbocycles. The number of hydrogen-bond acceptors (Lipinski definition) is 3. The van der Waals surface area contributed by atoms with E-state index >= 15 is 0 Å². The van der Waals surface area contributed by atoms with Crippen molar-refractivity contribution < 1.29 is 10.2 Å². The Morgan fingerprint density at radius 2 is 1.78 bits per heavy atom. The average molecular weight is 251 g/mol. The topological polar surface area (TPSA) is 43.7 Å². The normalized spacial score (nSPS) is 14.7. The van der Waals surface area contributed by atoms with Crippen LogP contribution in [0, 0.1) is 0 Å². The van der Waals surface area contributed by atoms with Crippen molar-refractivity contribution in [3.8, 4) is 0 Å². The summed E-state index contributed by atoms with van der Waals surface area (Å²) in [5.41, 5.74) is 0.873. The van der Waals surface area contributed by atoms with Gasteiger partial charge in [0, 0.05) is 18.5 Å². The maximum absolute atomic E-state index is 9.73. The Bertz CT molecular complexity index is 323. The molecule has 0 aliphatic heterocycles. The second-order valence-electron chi connectivity index (χ2n) is 5.08. The van der Waals surface area contributed by atoms with Crippen molar-refractivity contribution in [1.29, 1.82) is 0 Å². The van der Waals surface area contributed by atoms with Crippen LogP contribution in [0.15, 0.2) is 30.3 Å². The highest BCUT2D eigenvalue weighted by atomic mass is 16.3. The van der Waals surface area contributed by atoms with E-state index in [9.17, 15) is 5.11 Å². The molecular weight excluding hydrogens is 226 g/mol. The lowest BCUT2D eigenvalue weighted by molar-refractivity contribution is 0.125. The van der Waals surface area contributed by atoms with Crippen molar-refractivity contribution in [3.05, 3.63) is 35.9 Å². The average Bonchev–Trinajstić information content (AvgIpc) is 2.40. The van der Waals surface area contributed by atoms with E-state index in [1.807, 2.05) is 18.2 Å². The molecule has 1 aromatic rings. The Morgan fingerprint density at radius 1 is 1.11 bits per heavy atom. The number of aliphatic hydroxyl groups is 2. The molecule has 0 amide bonds. The van der Waals surface area contributed by atoms with Crippen molar-refractivity contribution in [3.63, 3.8) is 0 Å². The smallest absolute Gasteiger partial charge is 0.0558 e. The van der Waals surface area contributed by atoms with Crippen molar-refractivity contribution in [2.45, 2.75) is 25.7 Å². The molecule has 3 heteroatoms. The number of hydrogen-bond donors (Lipinski definition) is 2. The van der Waals surface area contributed by atoms with Crippen LogP contribution in [-0.2, 0) is 5.41 Å². The van der Waals surface area contributed by atoms with E-state index in [4.69, 9.17) is 5.11 Å². The highest BCUT2D eigenvalue weighted by Crippen LogP contribution is 2.24. The Hall–Kier alpha value is -0.900. The first-order chi connectivity index (χ1) is 8.66. The standard InChI is InChI=1S/C15H25NO2/c1-3-9-16(10-11-17)12-15(2,13-18)14-7-5-4-6-8-14/h4-8,17-18H,3,9-13H2,1-2H3. The van der Waals surface area contributed by atoms with Gasteiger partial charge in [0.2, 0.25) is 0 Å². The van der Waals surface area contributed by atoms with Gasteiger partial charge in [0.05, 0.1) is 13.2 Å². The second kappa shape index (κ2) is 7.52. The fraction of sp³-hybridized carbons (Fsp3) is 0.600. The van der Waals surface area contributed by atoms with Crippen LogP contribution >= 0.6 is 0 Å². The van der Waals surface area contributed by atoms with Gasteiger partial charge in [0.1, 0.15) is 0 Å². The number of benzene rings is 1. The first-order valence-electron chi connectivity index (χ1n) is 6.66. The molecule has 1 rings (SSSR count). The van der Waals surface area contributed by atoms with Crippen LogP contribution < -0.4 is 0 Å². The fourth-order valence-corrected chi connectivity index (χ4v) is 2.29. The molecule has 3 nitrogen and oxygen atoms in total. The Morgan fingerprint density at radius 3 is 2.28 bits per heavy atom. The van der Waals surface area contributed by atoms with E-state index in [0.29, 0.717) is 6.54 Å². The van der Waals surface area contributed by atoms with Gasteiger partial charge in [0.15, 0.2) is 0 Å². The van der Waals surface area contributed by atoms with Crippen molar-refractivity contribution in [2.75, 3.05) is 32.8 Å². The number of rotatable bonds is 8. The number of nitrogens with zero attached hydrogens (tertiary/aromatic N) is 1. The molecular formula is C15H25NO2. The largest absolute Gasteiger partial charge is 0.395 e. The minimum absolute atomic E-state index is 0.114. The molecule has 0 aromatic heterocycles. The van der Waals surface area contributed by atoms with Crippen LogP contribution in [0.2, 0.25) is 0 Å². The van der Waals surface area contributed by atoms with Gasteiger partial charge in [-0.3, -0.25) is 0 Å². The Labute approximate surface area is 110 Å². The zero-order chi connectivity index (χ0) is 13.4. The summed E-state index contributed by atoms with van der Waals surface area (Å²) >= 11 is 0. The zero-order valence-electron chi connectivity index (χ0n) is 11.5. The van der Waals surface area contributed by atoms with Gasteiger partial charge in [-0.05, 0) is 18.5 Å². The number of aliphatic hydroxyl groups excluding tert-OH is 2. The molecule has 1 aromatic carbocycles. The summed E-state index contributed by atoms with van der Waals surface area (Å²) in [5.74, 6) is 0. The van der Waals surface area contributed by atoms with E-state index in [2.05, 4.69) is 30.9 Å². The molecule has 0 saturated heterocycles.